The molecule has 0 aliphatic heterocycles. The van der Waals surface area contributed by atoms with E-state index in [1.807, 2.05) is 17.1 Å². The normalized spacial score (nSPS) is 10.9. The first-order chi connectivity index (χ1) is 5.15. The molecule has 1 rings (SSSR count). The molecular weight excluding hydrogens is 160 g/mol. The van der Waals surface area contributed by atoms with Gasteiger partial charge in [0.1, 0.15) is 11.3 Å². The standard InChI is InChI=1S/C6H13N4S/c1-5(2)10-6(11-3)4-9(7)8-10/h4-5H,1-3H3,(H2,7,8)/q+1. The molecule has 0 saturated carbocycles. The summed E-state index contributed by atoms with van der Waals surface area (Å²) >= 11 is 1.64. The third-order valence-electron chi connectivity index (χ3n) is 1.37. The molecule has 4 nitrogen and oxygen atoms in total. The van der Waals surface area contributed by atoms with E-state index in [2.05, 4.69) is 19.1 Å². The van der Waals surface area contributed by atoms with Crippen molar-refractivity contribution in [3.8, 4) is 0 Å². The van der Waals surface area contributed by atoms with Crippen LogP contribution in [0.4, 0.5) is 0 Å². The first kappa shape index (κ1) is 8.39. The lowest BCUT2D eigenvalue weighted by molar-refractivity contribution is -0.803. The average Bonchev–Trinajstić information content (AvgIpc) is 2.30. The van der Waals surface area contributed by atoms with Gasteiger partial charge < -0.3 is 0 Å². The van der Waals surface area contributed by atoms with Gasteiger partial charge in [-0.15, -0.1) is 4.68 Å². The number of nitrogens with zero attached hydrogens (tertiary/aromatic N) is 3. The van der Waals surface area contributed by atoms with Gasteiger partial charge >= 0.3 is 0 Å². The van der Waals surface area contributed by atoms with Gasteiger partial charge in [0, 0.05) is 0 Å². The van der Waals surface area contributed by atoms with Crippen molar-refractivity contribution in [2.45, 2.75) is 24.9 Å². The maximum absolute atomic E-state index is 5.46. The Morgan fingerprint density at radius 2 is 2.36 bits per heavy atom. The molecule has 1 aromatic rings. The molecule has 0 fully saturated rings. The van der Waals surface area contributed by atoms with E-state index < -0.39 is 0 Å². The van der Waals surface area contributed by atoms with Crippen LogP contribution in [0.1, 0.15) is 19.9 Å². The maximum atomic E-state index is 5.46. The van der Waals surface area contributed by atoms with Gasteiger partial charge in [-0.25, -0.2) is 5.84 Å². The summed E-state index contributed by atoms with van der Waals surface area (Å²) in [7, 11) is 0. The fraction of sp³-hybridized carbons (Fsp3) is 0.667. The van der Waals surface area contributed by atoms with E-state index >= 15 is 0 Å². The number of rotatable bonds is 2. The molecule has 5 heteroatoms. The Morgan fingerprint density at radius 3 is 2.73 bits per heavy atom. The van der Waals surface area contributed by atoms with Gasteiger partial charge in [0.2, 0.25) is 5.03 Å². The third-order valence-corrected chi connectivity index (χ3v) is 2.08. The van der Waals surface area contributed by atoms with E-state index in [0.29, 0.717) is 6.04 Å². The summed E-state index contributed by atoms with van der Waals surface area (Å²) in [6.45, 7) is 4.15. The fourth-order valence-electron chi connectivity index (χ4n) is 0.857. The van der Waals surface area contributed by atoms with Crippen molar-refractivity contribution in [2.24, 2.45) is 0 Å². The zero-order valence-electron chi connectivity index (χ0n) is 6.98. The number of hydrogen-bond acceptors (Lipinski definition) is 3. The molecule has 0 saturated heterocycles. The van der Waals surface area contributed by atoms with Gasteiger partial charge in [-0.2, -0.15) is 0 Å². The summed E-state index contributed by atoms with van der Waals surface area (Å²) in [6.07, 6.45) is 3.82. The maximum Gasteiger partial charge on any atom is 0.227 e. The van der Waals surface area contributed by atoms with Crippen molar-refractivity contribution < 1.29 is 4.68 Å². The topological polar surface area (TPSA) is 47.7 Å². The second-order valence-electron chi connectivity index (χ2n) is 2.58. The highest BCUT2D eigenvalue weighted by Crippen LogP contribution is 2.08. The smallest absolute Gasteiger partial charge is 0.227 e. The highest BCUT2D eigenvalue weighted by Gasteiger charge is 2.15. The fourth-order valence-corrected chi connectivity index (χ4v) is 1.51. The Labute approximate surface area is 70.3 Å². The van der Waals surface area contributed by atoms with Crippen LogP contribution in [0, 0.1) is 0 Å². The average molecular weight is 173 g/mol. The molecule has 1 aromatic heterocycles. The summed E-state index contributed by atoms with van der Waals surface area (Å²) in [5.41, 5.74) is 0. The summed E-state index contributed by atoms with van der Waals surface area (Å²) < 4.78 is 1.89. The molecule has 1 heterocycles. The van der Waals surface area contributed by atoms with Crippen LogP contribution in [0.15, 0.2) is 11.2 Å². The number of aromatic nitrogens is 3. The zero-order valence-corrected chi connectivity index (χ0v) is 7.80. The molecule has 62 valence electrons. The van der Waals surface area contributed by atoms with Crippen LogP contribution in [0.5, 0.6) is 0 Å². The Kier molecular flexibility index (Phi) is 2.38. The van der Waals surface area contributed by atoms with Crippen molar-refractivity contribution in [1.29, 1.82) is 0 Å². The molecule has 0 aliphatic rings. The Balaban J connectivity index is 3.02. The minimum Gasteiger partial charge on any atom is -0.249 e. The molecular formula is C6H13N4S+. The van der Waals surface area contributed by atoms with Gasteiger partial charge in [-0.05, 0) is 24.9 Å². The minimum absolute atomic E-state index is 0.363. The van der Waals surface area contributed by atoms with Crippen molar-refractivity contribution in [3.05, 3.63) is 6.20 Å². The summed E-state index contributed by atoms with van der Waals surface area (Å²) in [6, 6.07) is 0.363. The molecule has 0 spiro atoms. The van der Waals surface area contributed by atoms with E-state index in [9.17, 15) is 0 Å². The van der Waals surface area contributed by atoms with E-state index in [-0.39, 0.29) is 0 Å². The van der Waals surface area contributed by atoms with E-state index in [4.69, 9.17) is 5.84 Å². The van der Waals surface area contributed by atoms with Crippen LogP contribution in [0.25, 0.3) is 0 Å². The van der Waals surface area contributed by atoms with Crippen LogP contribution in [-0.2, 0) is 0 Å². The van der Waals surface area contributed by atoms with E-state index in [1.54, 1.807) is 11.8 Å². The summed E-state index contributed by atoms with van der Waals surface area (Å²) in [5, 5.41) is 5.16. The summed E-state index contributed by atoms with van der Waals surface area (Å²) in [5.74, 6) is 5.46. The lowest BCUT2D eigenvalue weighted by Crippen LogP contribution is -2.41. The van der Waals surface area contributed by atoms with Crippen molar-refractivity contribution in [1.82, 2.24) is 10.0 Å². The first-order valence-electron chi connectivity index (χ1n) is 3.45. The largest absolute Gasteiger partial charge is 0.249 e. The molecule has 11 heavy (non-hydrogen) atoms. The van der Waals surface area contributed by atoms with Crippen LogP contribution >= 0.6 is 11.8 Å². The summed E-state index contributed by atoms with van der Waals surface area (Å²) in [4.78, 5) is 1.34. The molecule has 0 atom stereocenters. The number of thioether (sulfide) groups is 1. The van der Waals surface area contributed by atoms with Crippen LogP contribution in [0.3, 0.4) is 0 Å². The van der Waals surface area contributed by atoms with Crippen LogP contribution in [-0.4, -0.2) is 16.3 Å². The predicted octanol–water partition coefficient (Wildman–Crippen LogP) is 0.187. The van der Waals surface area contributed by atoms with Crippen molar-refractivity contribution in [3.63, 3.8) is 0 Å². The molecule has 0 aromatic carbocycles. The lowest BCUT2D eigenvalue weighted by Gasteiger charge is -1.97. The highest BCUT2D eigenvalue weighted by atomic mass is 32.2. The second kappa shape index (κ2) is 3.13. The van der Waals surface area contributed by atoms with E-state index in [1.165, 1.54) is 4.79 Å². The molecule has 0 aliphatic carbocycles. The zero-order chi connectivity index (χ0) is 8.43. The van der Waals surface area contributed by atoms with Gasteiger partial charge in [-0.1, -0.05) is 11.8 Å². The quantitative estimate of drug-likeness (QED) is 0.394. The molecule has 0 bridgehead atoms. The third kappa shape index (κ3) is 1.65. The monoisotopic (exact) mass is 173 g/mol. The molecule has 2 N–H and O–H groups in total. The van der Waals surface area contributed by atoms with Crippen molar-refractivity contribution >= 4 is 11.8 Å². The first-order valence-corrected chi connectivity index (χ1v) is 4.68. The number of nitrogen functional groups attached to an aromatic ring is 1. The van der Waals surface area contributed by atoms with Crippen LogP contribution < -0.4 is 10.5 Å². The van der Waals surface area contributed by atoms with Crippen LogP contribution in [0.2, 0.25) is 0 Å². The van der Waals surface area contributed by atoms with Gasteiger partial charge in [0.25, 0.3) is 0 Å². The predicted molar refractivity (Wildman–Crippen MR) is 44.7 cm³/mol. The number of nitrogens with two attached hydrogens (primary N) is 1. The van der Waals surface area contributed by atoms with Crippen molar-refractivity contribution in [2.75, 3.05) is 12.1 Å². The highest BCUT2D eigenvalue weighted by molar-refractivity contribution is 7.98. The Bertz CT molecular complexity index is 243. The molecule has 0 amide bonds. The Morgan fingerprint density at radius 1 is 1.73 bits per heavy atom. The minimum atomic E-state index is 0.363. The van der Waals surface area contributed by atoms with Gasteiger partial charge in [0.15, 0.2) is 6.20 Å². The lowest BCUT2D eigenvalue weighted by atomic mass is 10.4. The second-order valence-corrected chi connectivity index (χ2v) is 3.41. The molecule has 0 unspecified atom stereocenters. The van der Waals surface area contributed by atoms with Gasteiger partial charge in [-0.3, -0.25) is 0 Å². The van der Waals surface area contributed by atoms with Gasteiger partial charge in [0.05, 0.1) is 0 Å². The molecule has 0 radical (unpaired) electrons. The number of hydrogen-bond donors (Lipinski definition) is 1. The Hall–Kier alpha value is -0.710. The van der Waals surface area contributed by atoms with E-state index in [0.717, 1.165) is 5.03 Å². The SMILES string of the molecule is CSc1cn(N)n[n+]1C(C)C.